The van der Waals surface area contributed by atoms with Crippen molar-refractivity contribution in [2.75, 3.05) is 6.54 Å². The van der Waals surface area contributed by atoms with Crippen LogP contribution in [0.2, 0.25) is 0 Å². The third-order valence-corrected chi connectivity index (χ3v) is 2.98. The lowest BCUT2D eigenvalue weighted by atomic mass is 9.69. The highest BCUT2D eigenvalue weighted by Gasteiger charge is 2.32. The minimum absolute atomic E-state index is 0.358. The molecule has 0 spiro atoms. The summed E-state index contributed by atoms with van der Waals surface area (Å²) in [5.41, 5.74) is 0.728. The summed E-state index contributed by atoms with van der Waals surface area (Å²) in [6.07, 6.45) is 0. The topological polar surface area (TPSA) is 12.0 Å². The predicted molar refractivity (Wildman–Crippen MR) is 56.4 cm³/mol. The molecule has 0 saturated carbocycles. The smallest absolute Gasteiger partial charge is 0.00106 e. The Morgan fingerprint density at radius 1 is 1.00 bits per heavy atom. The molecule has 0 unspecified atom stereocenters. The van der Waals surface area contributed by atoms with Gasteiger partial charge in [-0.1, -0.05) is 48.5 Å². The van der Waals surface area contributed by atoms with Gasteiger partial charge in [0, 0.05) is 12.6 Å². The molecule has 0 aromatic heterocycles. The van der Waals surface area contributed by atoms with Crippen LogP contribution in [0.5, 0.6) is 0 Å². The normalized spacial score (nSPS) is 14.0. The highest BCUT2D eigenvalue weighted by atomic mass is 14.9. The summed E-state index contributed by atoms with van der Waals surface area (Å²) in [6.45, 7) is 17.0. The fourth-order valence-electron chi connectivity index (χ4n) is 0.724. The molecule has 0 radical (unpaired) electrons. The fraction of sp³-hybridized carbons (Fsp3) is 1.00. The van der Waals surface area contributed by atoms with E-state index in [1.807, 2.05) is 0 Å². The summed E-state index contributed by atoms with van der Waals surface area (Å²) >= 11 is 0. The van der Waals surface area contributed by atoms with Crippen LogP contribution in [-0.4, -0.2) is 12.6 Å². The lowest BCUT2D eigenvalue weighted by molar-refractivity contribution is 0.126. The van der Waals surface area contributed by atoms with Crippen molar-refractivity contribution in [3.05, 3.63) is 0 Å². The van der Waals surface area contributed by atoms with Crippen LogP contribution in [0.15, 0.2) is 0 Å². The predicted octanol–water partition coefficient (Wildman–Crippen LogP) is 3.06. The number of nitrogens with one attached hydrogen (secondary N) is 1. The zero-order chi connectivity index (χ0) is 9.99. The van der Waals surface area contributed by atoms with Gasteiger partial charge < -0.3 is 5.32 Å². The third-order valence-electron chi connectivity index (χ3n) is 2.98. The monoisotopic (exact) mass is 171 g/mol. The van der Waals surface area contributed by atoms with Gasteiger partial charge in [0.2, 0.25) is 0 Å². The maximum absolute atomic E-state index is 3.49. The summed E-state index contributed by atoms with van der Waals surface area (Å²) < 4.78 is 0. The SMILES string of the molecule is CC(C)NCC(C)(C)C(C)(C)C. The first-order chi connectivity index (χ1) is 5.17. The first-order valence-corrected chi connectivity index (χ1v) is 4.90. The standard InChI is InChI=1S/C11H25N/c1-9(2)12-8-11(6,7)10(3,4)5/h9,12H,8H2,1-7H3. The molecule has 0 heterocycles. The van der Waals surface area contributed by atoms with Gasteiger partial charge in [-0.05, 0) is 10.8 Å². The molecule has 0 rings (SSSR count). The van der Waals surface area contributed by atoms with Gasteiger partial charge in [0.15, 0.2) is 0 Å². The molecule has 0 atom stereocenters. The number of hydrogen-bond acceptors (Lipinski definition) is 1. The molecule has 0 aliphatic carbocycles. The minimum Gasteiger partial charge on any atom is -0.314 e. The highest BCUT2D eigenvalue weighted by Crippen LogP contribution is 2.36. The van der Waals surface area contributed by atoms with Crippen molar-refractivity contribution in [1.29, 1.82) is 0 Å². The summed E-state index contributed by atoms with van der Waals surface area (Å²) in [5.74, 6) is 0. The van der Waals surface area contributed by atoms with E-state index in [0.717, 1.165) is 6.54 Å². The first kappa shape index (κ1) is 12.0. The molecule has 0 aromatic carbocycles. The third kappa shape index (κ3) is 3.57. The molecule has 12 heavy (non-hydrogen) atoms. The van der Waals surface area contributed by atoms with Crippen LogP contribution in [0.3, 0.4) is 0 Å². The van der Waals surface area contributed by atoms with Crippen molar-refractivity contribution in [2.24, 2.45) is 10.8 Å². The van der Waals surface area contributed by atoms with Gasteiger partial charge in [-0.25, -0.2) is 0 Å². The van der Waals surface area contributed by atoms with Crippen LogP contribution in [0.1, 0.15) is 48.5 Å². The van der Waals surface area contributed by atoms with Gasteiger partial charge >= 0.3 is 0 Å². The Morgan fingerprint density at radius 3 is 1.67 bits per heavy atom. The molecular weight excluding hydrogens is 146 g/mol. The Morgan fingerprint density at radius 2 is 1.42 bits per heavy atom. The van der Waals surface area contributed by atoms with E-state index in [9.17, 15) is 0 Å². The molecule has 0 aliphatic heterocycles. The second-order valence-electron chi connectivity index (χ2n) is 5.67. The van der Waals surface area contributed by atoms with Gasteiger partial charge in [-0.15, -0.1) is 0 Å². The minimum atomic E-state index is 0.358. The zero-order valence-corrected chi connectivity index (χ0v) is 9.78. The maximum Gasteiger partial charge on any atom is 0.00106 e. The second kappa shape index (κ2) is 3.78. The van der Waals surface area contributed by atoms with Gasteiger partial charge in [-0.2, -0.15) is 0 Å². The van der Waals surface area contributed by atoms with Crippen LogP contribution in [0.25, 0.3) is 0 Å². The molecule has 1 N–H and O–H groups in total. The first-order valence-electron chi connectivity index (χ1n) is 4.90. The van der Waals surface area contributed by atoms with E-state index < -0.39 is 0 Å². The van der Waals surface area contributed by atoms with E-state index in [-0.39, 0.29) is 0 Å². The Hall–Kier alpha value is -0.0400. The van der Waals surface area contributed by atoms with Crippen LogP contribution >= 0.6 is 0 Å². The molecular formula is C11H25N. The van der Waals surface area contributed by atoms with Gasteiger partial charge in [0.05, 0.1) is 0 Å². The Labute approximate surface area is 77.9 Å². The fourth-order valence-corrected chi connectivity index (χ4v) is 0.724. The summed E-state index contributed by atoms with van der Waals surface area (Å²) in [5, 5.41) is 3.49. The van der Waals surface area contributed by atoms with Crippen molar-refractivity contribution < 1.29 is 0 Å². The molecule has 0 fully saturated rings. The summed E-state index contributed by atoms with van der Waals surface area (Å²) in [4.78, 5) is 0. The van der Waals surface area contributed by atoms with E-state index in [4.69, 9.17) is 0 Å². The van der Waals surface area contributed by atoms with E-state index in [0.29, 0.717) is 16.9 Å². The Bertz CT molecular complexity index is 128. The summed E-state index contributed by atoms with van der Waals surface area (Å²) in [7, 11) is 0. The zero-order valence-electron chi connectivity index (χ0n) is 9.78. The molecule has 0 aromatic rings. The van der Waals surface area contributed by atoms with Crippen LogP contribution in [0, 0.1) is 10.8 Å². The van der Waals surface area contributed by atoms with E-state index >= 15 is 0 Å². The molecule has 0 saturated heterocycles. The average Bonchev–Trinajstić information content (AvgIpc) is 1.81. The molecule has 0 aliphatic rings. The van der Waals surface area contributed by atoms with Crippen LogP contribution < -0.4 is 5.32 Å². The largest absolute Gasteiger partial charge is 0.314 e. The number of hydrogen-bond donors (Lipinski definition) is 1. The van der Waals surface area contributed by atoms with E-state index in [2.05, 4.69) is 53.8 Å². The highest BCUT2D eigenvalue weighted by molar-refractivity contribution is 4.84. The molecule has 0 bridgehead atoms. The molecule has 0 amide bonds. The molecule has 1 nitrogen and oxygen atoms in total. The van der Waals surface area contributed by atoms with Gasteiger partial charge in [-0.3, -0.25) is 0 Å². The molecule has 1 heteroatoms. The van der Waals surface area contributed by atoms with Gasteiger partial charge in [0.1, 0.15) is 0 Å². The Kier molecular flexibility index (Phi) is 3.77. The quantitative estimate of drug-likeness (QED) is 0.688. The van der Waals surface area contributed by atoms with Crippen LogP contribution in [0.4, 0.5) is 0 Å². The van der Waals surface area contributed by atoms with E-state index in [1.54, 1.807) is 0 Å². The van der Waals surface area contributed by atoms with Crippen molar-refractivity contribution >= 4 is 0 Å². The lowest BCUT2D eigenvalue weighted by Crippen LogP contribution is -2.41. The lowest BCUT2D eigenvalue weighted by Gasteiger charge is -2.39. The average molecular weight is 171 g/mol. The van der Waals surface area contributed by atoms with Gasteiger partial charge in [0.25, 0.3) is 0 Å². The van der Waals surface area contributed by atoms with Crippen molar-refractivity contribution in [2.45, 2.75) is 54.5 Å². The second-order valence-corrected chi connectivity index (χ2v) is 5.67. The number of rotatable bonds is 3. The van der Waals surface area contributed by atoms with Crippen molar-refractivity contribution in [3.63, 3.8) is 0 Å². The van der Waals surface area contributed by atoms with Crippen LogP contribution in [-0.2, 0) is 0 Å². The Balaban J connectivity index is 4.05. The molecule has 74 valence electrons. The van der Waals surface area contributed by atoms with Crippen molar-refractivity contribution in [3.8, 4) is 0 Å². The van der Waals surface area contributed by atoms with Crippen molar-refractivity contribution in [1.82, 2.24) is 5.32 Å². The maximum atomic E-state index is 3.49. The summed E-state index contributed by atoms with van der Waals surface area (Å²) in [6, 6.07) is 0.589. The van der Waals surface area contributed by atoms with E-state index in [1.165, 1.54) is 0 Å².